The summed E-state index contributed by atoms with van der Waals surface area (Å²) in [4.78, 5) is 16.8. The Bertz CT molecular complexity index is 738. The van der Waals surface area contributed by atoms with E-state index in [4.69, 9.17) is 0 Å². The van der Waals surface area contributed by atoms with E-state index in [-0.39, 0.29) is 5.91 Å². The van der Waals surface area contributed by atoms with Crippen LogP contribution in [0.1, 0.15) is 5.01 Å². The lowest BCUT2D eigenvalue weighted by Crippen LogP contribution is -2.46. The molecule has 0 aliphatic carbocycles. The number of carbonyl (C=O) groups excluding carboxylic acids is 1. The summed E-state index contributed by atoms with van der Waals surface area (Å²) in [6.07, 6.45) is 1.96. The number of rotatable bonds is 7. The first kappa shape index (κ1) is 18.9. The highest BCUT2D eigenvalue weighted by atomic mass is 32.2. The molecule has 138 valence electrons. The topological polar surface area (TPSA) is 61.4 Å². The Morgan fingerprint density at radius 2 is 2.00 bits per heavy atom. The summed E-state index contributed by atoms with van der Waals surface area (Å²) < 4.78 is 0.823. The van der Waals surface area contributed by atoms with E-state index < -0.39 is 0 Å². The van der Waals surface area contributed by atoms with E-state index in [1.807, 2.05) is 25.1 Å². The molecule has 6 nitrogen and oxygen atoms in total. The molecule has 1 aliphatic heterocycles. The summed E-state index contributed by atoms with van der Waals surface area (Å²) in [5.41, 5.74) is 2.01. The Morgan fingerprint density at radius 1 is 1.27 bits per heavy atom. The van der Waals surface area contributed by atoms with E-state index in [2.05, 4.69) is 44.0 Å². The van der Waals surface area contributed by atoms with Crippen molar-refractivity contribution in [2.45, 2.75) is 11.3 Å². The van der Waals surface area contributed by atoms with E-state index in [0.717, 1.165) is 47.8 Å². The van der Waals surface area contributed by atoms with Crippen LogP contribution in [0.4, 0.5) is 11.4 Å². The van der Waals surface area contributed by atoms with Gasteiger partial charge in [0.05, 0.1) is 5.75 Å². The molecule has 8 heteroatoms. The van der Waals surface area contributed by atoms with Gasteiger partial charge in [-0.3, -0.25) is 9.69 Å². The zero-order chi connectivity index (χ0) is 18.4. The van der Waals surface area contributed by atoms with Crippen molar-refractivity contribution in [3.63, 3.8) is 0 Å². The Balaban J connectivity index is 1.46. The minimum absolute atomic E-state index is 0.0337. The fourth-order valence-electron chi connectivity index (χ4n) is 2.79. The first-order valence-electron chi connectivity index (χ1n) is 8.55. The molecule has 1 aliphatic rings. The lowest BCUT2D eigenvalue weighted by atomic mass is 10.2. The predicted octanol–water partition coefficient (Wildman–Crippen LogP) is 2.89. The molecule has 1 N–H and O–H groups in total. The van der Waals surface area contributed by atoms with Gasteiger partial charge < -0.3 is 10.2 Å². The molecule has 1 aromatic carbocycles. The van der Waals surface area contributed by atoms with E-state index in [1.165, 1.54) is 28.8 Å². The molecule has 0 saturated carbocycles. The van der Waals surface area contributed by atoms with Gasteiger partial charge in [-0.15, -0.1) is 16.8 Å². The number of benzene rings is 1. The van der Waals surface area contributed by atoms with Gasteiger partial charge in [-0.2, -0.15) is 0 Å². The number of thioether (sulfide) groups is 1. The van der Waals surface area contributed by atoms with Gasteiger partial charge in [0.25, 0.3) is 0 Å². The van der Waals surface area contributed by atoms with Crippen molar-refractivity contribution in [1.82, 2.24) is 15.1 Å². The van der Waals surface area contributed by atoms with Crippen molar-refractivity contribution < 1.29 is 4.79 Å². The number of hydrogen-bond donors (Lipinski definition) is 1. The molecular formula is C18H23N5OS2. The Labute approximate surface area is 162 Å². The zero-order valence-electron chi connectivity index (χ0n) is 14.9. The second-order valence-electron chi connectivity index (χ2n) is 6.05. The number of hydrogen-bond acceptors (Lipinski definition) is 7. The third-order valence-electron chi connectivity index (χ3n) is 4.11. The molecular weight excluding hydrogens is 366 g/mol. The maximum Gasteiger partial charge on any atom is 0.234 e. The van der Waals surface area contributed by atoms with Crippen LogP contribution < -0.4 is 10.2 Å². The summed E-state index contributed by atoms with van der Waals surface area (Å²) in [6.45, 7) is 10.8. The number of anilines is 2. The molecule has 0 spiro atoms. The molecule has 1 saturated heterocycles. The van der Waals surface area contributed by atoms with Crippen molar-refractivity contribution >= 4 is 40.4 Å². The quantitative estimate of drug-likeness (QED) is 0.580. The second kappa shape index (κ2) is 9.16. The highest BCUT2D eigenvalue weighted by Crippen LogP contribution is 2.23. The largest absolute Gasteiger partial charge is 0.369 e. The monoisotopic (exact) mass is 389 g/mol. The van der Waals surface area contributed by atoms with Crippen molar-refractivity contribution in [1.29, 1.82) is 0 Å². The van der Waals surface area contributed by atoms with E-state index in [0.29, 0.717) is 5.75 Å². The zero-order valence-corrected chi connectivity index (χ0v) is 16.5. The van der Waals surface area contributed by atoms with Crippen LogP contribution in [0.15, 0.2) is 41.3 Å². The molecule has 3 rings (SSSR count). The van der Waals surface area contributed by atoms with E-state index >= 15 is 0 Å². The minimum atomic E-state index is -0.0337. The van der Waals surface area contributed by atoms with Crippen LogP contribution >= 0.6 is 23.1 Å². The second-order valence-corrected chi connectivity index (χ2v) is 8.45. The highest BCUT2D eigenvalue weighted by Gasteiger charge is 2.16. The Morgan fingerprint density at radius 3 is 2.62 bits per heavy atom. The number of amides is 1. The van der Waals surface area contributed by atoms with Gasteiger partial charge in [-0.1, -0.05) is 29.2 Å². The predicted molar refractivity (Wildman–Crippen MR) is 109 cm³/mol. The number of nitrogens with one attached hydrogen (secondary N) is 1. The normalized spacial score (nSPS) is 15.0. The van der Waals surface area contributed by atoms with Gasteiger partial charge in [0.15, 0.2) is 4.34 Å². The summed E-state index contributed by atoms with van der Waals surface area (Å²) in [7, 11) is 0. The third kappa shape index (κ3) is 5.30. The molecule has 0 radical (unpaired) electrons. The van der Waals surface area contributed by atoms with Gasteiger partial charge in [-0.05, 0) is 31.2 Å². The smallest absolute Gasteiger partial charge is 0.234 e. The first-order chi connectivity index (χ1) is 12.6. The van der Waals surface area contributed by atoms with Crippen molar-refractivity contribution in [3.8, 4) is 0 Å². The van der Waals surface area contributed by atoms with Crippen LogP contribution in [-0.2, 0) is 4.79 Å². The number of aromatic nitrogens is 2. The number of piperazine rings is 1. The summed E-state index contributed by atoms with van der Waals surface area (Å²) in [5.74, 6) is 0.301. The molecule has 2 heterocycles. The van der Waals surface area contributed by atoms with Crippen LogP contribution in [-0.4, -0.2) is 59.5 Å². The Hall–Kier alpha value is -1.90. The summed E-state index contributed by atoms with van der Waals surface area (Å²) >= 11 is 2.91. The Kier molecular flexibility index (Phi) is 6.65. The van der Waals surface area contributed by atoms with Gasteiger partial charge in [0.1, 0.15) is 5.01 Å². The molecule has 1 aromatic heterocycles. The van der Waals surface area contributed by atoms with Gasteiger partial charge in [0.2, 0.25) is 5.91 Å². The van der Waals surface area contributed by atoms with Gasteiger partial charge in [0, 0.05) is 44.1 Å². The maximum absolute atomic E-state index is 12.1. The average Bonchev–Trinajstić information content (AvgIpc) is 3.07. The van der Waals surface area contributed by atoms with Crippen molar-refractivity contribution in [3.05, 3.63) is 41.9 Å². The van der Waals surface area contributed by atoms with Gasteiger partial charge in [-0.25, -0.2) is 0 Å². The van der Waals surface area contributed by atoms with Crippen LogP contribution in [0.2, 0.25) is 0 Å². The highest BCUT2D eigenvalue weighted by molar-refractivity contribution is 8.01. The maximum atomic E-state index is 12.1. The SMILES string of the molecule is C=CCN1CCN(c2ccc(NC(=O)CSc3nnc(C)s3)cc2)CC1. The molecule has 0 unspecified atom stereocenters. The molecule has 26 heavy (non-hydrogen) atoms. The lowest BCUT2D eigenvalue weighted by molar-refractivity contribution is -0.113. The molecule has 2 aromatic rings. The van der Waals surface area contributed by atoms with Crippen molar-refractivity contribution in [2.24, 2.45) is 0 Å². The van der Waals surface area contributed by atoms with E-state index in [1.54, 1.807) is 0 Å². The standard InChI is InChI=1S/C18H23N5OS2/c1-3-8-22-9-11-23(12-10-22)16-6-4-15(5-7-16)19-17(24)13-25-18-21-20-14(2)26-18/h3-7H,1,8-13H2,2H3,(H,19,24). The molecule has 1 amide bonds. The fourth-order valence-corrected chi connectivity index (χ4v) is 4.40. The van der Waals surface area contributed by atoms with Crippen LogP contribution in [0.5, 0.6) is 0 Å². The number of nitrogens with zero attached hydrogens (tertiary/aromatic N) is 4. The number of aryl methyl sites for hydroxylation is 1. The van der Waals surface area contributed by atoms with Crippen LogP contribution in [0, 0.1) is 6.92 Å². The summed E-state index contributed by atoms with van der Waals surface area (Å²) in [6, 6.07) is 8.06. The first-order valence-corrected chi connectivity index (χ1v) is 10.4. The third-order valence-corrected chi connectivity index (χ3v) is 6.08. The van der Waals surface area contributed by atoms with Gasteiger partial charge >= 0.3 is 0 Å². The van der Waals surface area contributed by atoms with Crippen molar-refractivity contribution in [2.75, 3.05) is 48.7 Å². The fraction of sp³-hybridized carbons (Fsp3) is 0.389. The molecule has 1 fully saturated rings. The summed E-state index contributed by atoms with van der Waals surface area (Å²) in [5, 5.41) is 11.8. The minimum Gasteiger partial charge on any atom is -0.369 e. The average molecular weight is 390 g/mol. The lowest BCUT2D eigenvalue weighted by Gasteiger charge is -2.35. The number of carbonyl (C=O) groups is 1. The molecule has 0 bridgehead atoms. The van der Waals surface area contributed by atoms with Crippen LogP contribution in [0.25, 0.3) is 0 Å². The molecule has 0 atom stereocenters. The van der Waals surface area contributed by atoms with Crippen LogP contribution in [0.3, 0.4) is 0 Å². The van der Waals surface area contributed by atoms with E-state index in [9.17, 15) is 4.79 Å².